The van der Waals surface area contributed by atoms with Gasteiger partial charge in [-0.05, 0) is 18.8 Å². The van der Waals surface area contributed by atoms with E-state index < -0.39 is 20.6 Å². The average Bonchev–Trinajstić information content (AvgIpc) is 2.55. The highest BCUT2D eigenvalue weighted by molar-refractivity contribution is 6.59. The molecule has 1 aliphatic rings. The Labute approximate surface area is 111 Å². The van der Waals surface area contributed by atoms with E-state index in [4.69, 9.17) is 9.47 Å². The molecule has 0 aromatic heterocycles. The number of ether oxygens (including phenoxy) is 2. The van der Waals surface area contributed by atoms with E-state index in [0.29, 0.717) is 13.0 Å². The second-order valence-electron chi connectivity index (χ2n) is 6.47. The van der Waals surface area contributed by atoms with E-state index in [0.717, 1.165) is 0 Å². The maximum Gasteiger partial charge on any atom is 0.166 e. The SMILES string of the molecule is C[Si](C)C1(C(C)(C)C)COC(C)(CCC(=O)[O-])O1. The lowest BCUT2D eigenvalue weighted by atomic mass is 9.88. The molecule has 18 heavy (non-hydrogen) atoms. The molecule has 2 unspecified atom stereocenters. The van der Waals surface area contributed by atoms with Crippen molar-refractivity contribution in [2.75, 3.05) is 6.61 Å². The minimum Gasteiger partial charge on any atom is -0.550 e. The molecule has 0 aliphatic carbocycles. The summed E-state index contributed by atoms with van der Waals surface area (Å²) in [5, 5.41) is 10.3. The predicted molar refractivity (Wildman–Crippen MR) is 69.4 cm³/mol. The van der Waals surface area contributed by atoms with Crippen LogP contribution in [0.15, 0.2) is 0 Å². The van der Waals surface area contributed by atoms with Gasteiger partial charge in [-0.2, -0.15) is 0 Å². The highest BCUT2D eigenvalue weighted by Gasteiger charge is 2.56. The summed E-state index contributed by atoms with van der Waals surface area (Å²) in [4.78, 5) is 10.6. The molecule has 0 bridgehead atoms. The summed E-state index contributed by atoms with van der Waals surface area (Å²) in [5.74, 6) is -1.86. The van der Waals surface area contributed by atoms with Gasteiger partial charge in [0.15, 0.2) is 5.79 Å². The lowest BCUT2D eigenvalue weighted by Crippen LogP contribution is -2.56. The summed E-state index contributed by atoms with van der Waals surface area (Å²) in [6.45, 7) is 13.2. The van der Waals surface area contributed by atoms with Crippen molar-refractivity contribution in [3.63, 3.8) is 0 Å². The molecule has 0 aromatic rings. The van der Waals surface area contributed by atoms with E-state index in [9.17, 15) is 9.90 Å². The number of rotatable bonds is 4. The zero-order chi connectivity index (χ0) is 14.2. The summed E-state index contributed by atoms with van der Waals surface area (Å²) < 4.78 is 12.1. The summed E-state index contributed by atoms with van der Waals surface area (Å²) in [5.41, 5.74) is -0.0238. The van der Waals surface area contributed by atoms with E-state index in [1.54, 1.807) is 0 Å². The van der Waals surface area contributed by atoms with Crippen molar-refractivity contribution in [2.24, 2.45) is 5.41 Å². The van der Waals surface area contributed by atoms with Crippen LogP contribution in [0.3, 0.4) is 0 Å². The van der Waals surface area contributed by atoms with E-state index in [1.807, 2.05) is 6.92 Å². The molecule has 1 radical (unpaired) electrons. The molecule has 4 nitrogen and oxygen atoms in total. The fraction of sp³-hybridized carbons (Fsp3) is 0.923. The van der Waals surface area contributed by atoms with Crippen LogP contribution < -0.4 is 5.11 Å². The molecule has 1 saturated heterocycles. The van der Waals surface area contributed by atoms with Crippen LogP contribution in [0.1, 0.15) is 40.5 Å². The normalized spacial score (nSPS) is 33.1. The third-order valence-electron chi connectivity index (χ3n) is 3.77. The smallest absolute Gasteiger partial charge is 0.166 e. The van der Waals surface area contributed by atoms with E-state index in [2.05, 4.69) is 33.9 Å². The van der Waals surface area contributed by atoms with Gasteiger partial charge in [-0.25, -0.2) is 0 Å². The molecule has 2 atom stereocenters. The zero-order valence-corrected chi connectivity index (χ0v) is 13.3. The molecular weight excluding hydrogens is 248 g/mol. The summed E-state index contributed by atoms with van der Waals surface area (Å²) in [6.07, 6.45) is 0.300. The third-order valence-corrected chi connectivity index (χ3v) is 6.39. The number of hydrogen-bond acceptors (Lipinski definition) is 4. The molecular formula is C13H24O4Si-. The van der Waals surface area contributed by atoms with Gasteiger partial charge >= 0.3 is 0 Å². The summed E-state index contributed by atoms with van der Waals surface area (Å²) >= 11 is 0. The van der Waals surface area contributed by atoms with Crippen molar-refractivity contribution in [2.45, 2.75) is 64.6 Å². The molecule has 1 aliphatic heterocycles. The lowest BCUT2D eigenvalue weighted by molar-refractivity contribution is -0.308. The number of carboxylic acid groups (broad SMARTS) is 1. The van der Waals surface area contributed by atoms with Crippen LogP contribution in [0.5, 0.6) is 0 Å². The fourth-order valence-electron chi connectivity index (χ4n) is 2.50. The first-order valence-corrected chi connectivity index (χ1v) is 8.87. The molecule has 0 aromatic carbocycles. The van der Waals surface area contributed by atoms with Gasteiger partial charge in [0, 0.05) is 12.4 Å². The van der Waals surface area contributed by atoms with Gasteiger partial charge in [-0.1, -0.05) is 33.9 Å². The molecule has 105 valence electrons. The molecule has 1 rings (SSSR count). The minimum atomic E-state index is -1.06. The van der Waals surface area contributed by atoms with E-state index in [1.165, 1.54) is 0 Å². The first kappa shape index (κ1) is 15.7. The van der Waals surface area contributed by atoms with Crippen molar-refractivity contribution >= 4 is 14.8 Å². The molecule has 0 spiro atoms. The Kier molecular flexibility index (Phi) is 4.30. The monoisotopic (exact) mass is 272 g/mol. The van der Waals surface area contributed by atoms with Gasteiger partial charge in [0.25, 0.3) is 0 Å². The Morgan fingerprint density at radius 1 is 1.39 bits per heavy atom. The van der Waals surface area contributed by atoms with Crippen LogP contribution in [0, 0.1) is 5.41 Å². The minimum absolute atomic E-state index is 0.0238. The molecule has 0 saturated carbocycles. The lowest BCUT2D eigenvalue weighted by Gasteiger charge is -2.43. The van der Waals surface area contributed by atoms with Gasteiger partial charge in [0.2, 0.25) is 0 Å². The van der Waals surface area contributed by atoms with Gasteiger partial charge in [-0.15, -0.1) is 0 Å². The van der Waals surface area contributed by atoms with E-state index in [-0.39, 0.29) is 17.1 Å². The van der Waals surface area contributed by atoms with Crippen LogP contribution in [-0.2, 0) is 14.3 Å². The van der Waals surface area contributed by atoms with Crippen molar-refractivity contribution < 1.29 is 19.4 Å². The molecule has 1 fully saturated rings. The molecule has 1 heterocycles. The van der Waals surface area contributed by atoms with Crippen molar-refractivity contribution in [1.29, 1.82) is 0 Å². The number of carbonyl (C=O) groups is 1. The second-order valence-corrected chi connectivity index (χ2v) is 9.28. The quantitative estimate of drug-likeness (QED) is 0.725. The fourth-order valence-corrected chi connectivity index (χ4v) is 4.78. The van der Waals surface area contributed by atoms with Gasteiger partial charge in [-0.3, -0.25) is 0 Å². The standard InChI is InChI=1S/C13H25O4Si/c1-11(2,3)13(18(5)6)9-16-12(4,17-13)8-7-10(14)15/h7-9H2,1-6H3,(H,14,15)/p-1. The average molecular weight is 272 g/mol. The van der Waals surface area contributed by atoms with Crippen molar-refractivity contribution in [3.05, 3.63) is 0 Å². The first-order chi connectivity index (χ1) is 8.02. The highest BCUT2D eigenvalue weighted by Crippen LogP contribution is 2.46. The van der Waals surface area contributed by atoms with Crippen LogP contribution in [-0.4, -0.2) is 32.4 Å². The molecule has 5 heteroatoms. The third kappa shape index (κ3) is 2.95. The Balaban J connectivity index is 2.86. The van der Waals surface area contributed by atoms with Crippen LogP contribution in [0.25, 0.3) is 0 Å². The second kappa shape index (κ2) is 4.94. The zero-order valence-electron chi connectivity index (χ0n) is 12.3. The molecule has 0 N–H and O–H groups in total. The number of carboxylic acids is 1. The highest BCUT2D eigenvalue weighted by atomic mass is 28.3. The summed E-state index contributed by atoms with van der Waals surface area (Å²) in [7, 11) is -0.747. The van der Waals surface area contributed by atoms with Gasteiger partial charge in [0.05, 0.1) is 20.6 Å². The van der Waals surface area contributed by atoms with Crippen molar-refractivity contribution in [3.8, 4) is 0 Å². The molecule has 0 amide bonds. The largest absolute Gasteiger partial charge is 0.550 e. The number of carbonyl (C=O) groups excluding carboxylic acids is 1. The topological polar surface area (TPSA) is 58.6 Å². The van der Waals surface area contributed by atoms with Gasteiger partial charge in [0.1, 0.15) is 0 Å². The van der Waals surface area contributed by atoms with Crippen LogP contribution in [0.4, 0.5) is 0 Å². The van der Waals surface area contributed by atoms with Crippen molar-refractivity contribution in [1.82, 2.24) is 0 Å². The van der Waals surface area contributed by atoms with E-state index >= 15 is 0 Å². The van der Waals surface area contributed by atoms with Crippen LogP contribution in [0.2, 0.25) is 13.1 Å². The van der Waals surface area contributed by atoms with Crippen LogP contribution >= 0.6 is 0 Å². The maximum absolute atomic E-state index is 10.6. The predicted octanol–water partition coefficient (Wildman–Crippen LogP) is 1.36. The Hall–Kier alpha value is -0.393. The first-order valence-electron chi connectivity index (χ1n) is 6.37. The Morgan fingerprint density at radius 3 is 2.28 bits per heavy atom. The number of hydrogen-bond donors (Lipinski definition) is 0. The number of aliphatic carboxylic acids is 1. The Morgan fingerprint density at radius 2 is 1.94 bits per heavy atom. The maximum atomic E-state index is 10.6. The summed E-state index contributed by atoms with van der Waals surface area (Å²) in [6, 6.07) is 0. The van der Waals surface area contributed by atoms with Gasteiger partial charge < -0.3 is 19.4 Å². The Bertz CT molecular complexity index is 323.